The molecule has 5 nitrogen and oxygen atoms in total. The smallest absolute Gasteiger partial charge is 0.274 e. The van der Waals surface area contributed by atoms with Gasteiger partial charge in [0.15, 0.2) is 0 Å². The van der Waals surface area contributed by atoms with Gasteiger partial charge in [0.05, 0.1) is 31.1 Å². The van der Waals surface area contributed by atoms with E-state index in [1.54, 1.807) is 17.7 Å². The van der Waals surface area contributed by atoms with Gasteiger partial charge in [-0.2, -0.15) is 0 Å². The van der Waals surface area contributed by atoms with Crippen LogP contribution in [-0.2, 0) is 11.3 Å². The van der Waals surface area contributed by atoms with Crippen molar-refractivity contribution in [3.8, 4) is 17.0 Å². The normalized spacial score (nSPS) is 17.6. The first-order valence-corrected chi connectivity index (χ1v) is 7.44. The first-order valence-electron chi connectivity index (χ1n) is 7.44. The van der Waals surface area contributed by atoms with Crippen LogP contribution in [0.3, 0.4) is 0 Å². The first kappa shape index (κ1) is 14.7. The van der Waals surface area contributed by atoms with Gasteiger partial charge in [-0.05, 0) is 54.8 Å². The average Bonchev–Trinajstić information content (AvgIpc) is 3.05. The maximum atomic E-state index is 12.4. The van der Waals surface area contributed by atoms with E-state index in [-0.39, 0.29) is 17.4 Å². The Balaban J connectivity index is 2.01. The maximum Gasteiger partial charge on any atom is 0.274 e. The van der Waals surface area contributed by atoms with Crippen LogP contribution in [0.15, 0.2) is 41.2 Å². The fourth-order valence-electron chi connectivity index (χ4n) is 2.78. The second-order valence-electron chi connectivity index (χ2n) is 5.45. The molecular formula is C17H20N2O3. The lowest BCUT2D eigenvalue weighted by molar-refractivity contribution is 0.0966. The second kappa shape index (κ2) is 6.23. The molecule has 22 heavy (non-hydrogen) atoms. The van der Waals surface area contributed by atoms with Gasteiger partial charge < -0.3 is 19.8 Å². The molecule has 1 aromatic heterocycles. The van der Waals surface area contributed by atoms with Gasteiger partial charge in [-0.25, -0.2) is 0 Å². The fourth-order valence-corrected chi connectivity index (χ4v) is 2.78. The Bertz CT molecular complexity index is 701. The van der Waals surface area contributed by atoms with Crippen LogP contribution >= 0.6 is 0 Å². The number of benzene rings is 1. The van der Waals surface area contributed by atoms with Gasteiger partial charge in [0, 0.05) is 6.61 Å². The van der Waals surface area contributed by atoms with Crippen LogP contribution in [0.4, 0.5) is 5.69 Å². The number of ether oxygens (including phenoxy) is 2. The highest BCUT2D eigenvalue weighted by Crippen LogP contribution is 2.23. The summed E-state index contributed by atoms with van der Waals surface area (Å²) in [5.41, 5.74) is 7.69. The molecule has 2 heterocycles. The number of anilines is 1. The zero-order valence-corrected chi connectivity index (χ0v) is 12.6. The third-order valence-corrected chi connectivity index (χ3v) is 4.00. The highest BCUT2D eigenvalue weighted by Gasteiger charge is 2.19. The summed E-state index contributed by atoms with van der Waals surface area (Å²) in [6.45, 7) is 1.30. The molecule has 5 heteroatoms. The Labute approximate surface area is 129 Å². The molecular weight excluding hydrogens is 280 g/mol. The van der Waals surface area contributed by atoms with Crippen molar-refractivity contribution in [1.29, 1.82) is 0 Å². The molecule has 0 bridgehead atoms. The Kier molecular flexibility index (Phi) is 4.15. The zero-order valence-electron chi connectivity index (χ0n) is 12.6. The summed E-state index contributed by atoms with van der Waals surface area (Å²) in [7, 11) is 1.63. The van der Waals surface area contributed by atoms with Crippen molar-refractivity contribution in [2.75, 3.05) is 19.5 Å². The summed E-state index contributed by atoms with van der Waals surface area (Å²) in [6.07, 6.45) is 2.10. The third-order valence-electron chi connectivity index (χ3n) is 4.00. The Morgan fingerprint density at radius 2 is 2.05 bits per heavy atom. The van der Waals surface area contributed by atoms with E-state index in [1.807, 2.05) is 30.3 Å². The minimum absolute atomic E-state index is 0.0801. The first-order chi connectivity index (χ1) is 10.7. The molecule has 0 spiro atoms. The third kappa shape index (κ3) is 2.85. The van der Waals surface area contributed by atoms with Crippen LogP contribution in [0.25, 0.3) is 11.3 Å². The van der Waals surface area contributed by atoms with E-state index in [4.69, 9.17) is 15.2 Å². The van der Waals surface area contributed by atoms with Crippen molar-refractivity contribution in [3.05, 3.63) is 46.8 Å². The standard InChI is InChI=1S/C17H20N2O3/c1-21-13-6-4-12(5-7-13)16-9-8-15(18)17(20)19(16)11-14-3-2-10-22-14/h4-9,14H,2-3,10-11,18H2,1H3. The van der Waals surface area contributed by atoms with Crippen LogP contribution in [0.5, 0.6) is 5.75 Å². The monoisotopic (exact) mass is 300 g/mol. The lowest BCUT2D eigenvalue weighted by atomic mass is 10.1. The Morgan fingerprint density at radius 3 is 2.68 bits per heavy atom. The Morgan fingerprint density at radius 1 is 1.27 bits per heavy atom. The maximum absolute atomic E-state index is 12.4. The minimum atomic E-state index is -0.163. The molecule has 0 radical (unpaired) electrons. The number of rotatable bonds is 4. The summed E-state index contributed by atoms with van der Waals surface area (Å²) in [5, 5.41) is 0. The molecule has 3 rings (SSSR count). The predicted octanol–water partition coefficient (Wildman–Crippen LogP) is 2.29. The summed E-state index contributed by atoms with van der Waals surface area (Å²) >= 11 is 0. The van der Waals surface area contributed by atoms with Gasteiger partial charge >= 0.3 is 0 Å². The van der Waals surface area contributed by atoms with Gasteiger partial charge in [-0.15, -0.1) is 0 Å². The fraction of sp³-hybridized carbons (Fsp3) is 0.353. The van der Waals surface area contributed by atoms with Crippen molar-refractivity contribution >= 4 is 5.69 Å². The molecule has 1 aliphatic heterocycles. The molecule has 1 unspecified atom stereocenters. The van der Waals surface area contributed by atoms with Crippen molar-refractivity contribution in [2.24, 2.45) is 0 Å². The molecule has 1 saturated heterocycles. The number of pyridine rings is 1. The van der Waals surface area contributed by atoms with E-state index in [0.717, 1.165) is 36.5 Å². The topological polar surface area (TPSA) is 66.5 Å². The number of aromatic nitrogens is 1. The largest absolute Gasteiger partial charge is 0.497 e. The van der Waals surface area contributed by atoms with E-state index in [9.17, 15) is 4.79 Å². The molecule has 1 aliphatic rings. The SMILES string of the molecule is COc1ccc(-c2ccc(N)c(=O)n2CC2CCCO2)cc1. The van der Waals surface area contributed by atoms with Crippen LogP contribution in [-0.4, -0.2) is 24.4 Å². The highest BCUT2D eigenvalue weighted by molar-refractivity contribution is 5.62. The van der Waals surface area contributed by atoms with Crippen LogP contribution in [0, 0.1) is 0 Å². The summed E-state index contributed by atoms with van der Waals surface area (Å²) in [6, 6.07) is 11.2. The zero-order chi connectivity index (χ0) is 15.5. The van der Waals surface area contributed by atoms with Gasteiger partial charge in [0.1, 0.15) is 5.75 Å². The highest BCUT2D eigenvalue weighted by atomic mass is 16.5. The minimum Gasteiger partial charge on any atom is -0.497 e. The lowest BCUT2D eigenvalue weighted by Crippen LogP contribution is -2.29. The average molecular weight is 300 g/mol. The molecule has 116 valence electrons. The summed E-state index contributed by atoms with van der Waals surface area (Å²) in [4.78, 5) is 12.4. The molecule has 1 atom stereocenters. The van der Waals surface area contributed by atoms with Gasteiger partial charge in [0.2, 0.25) is 0 Å². The molecule has 1 aromatic carbocycles. The molecule has 2 aromatic rings. The number of nitrogens with two attached hydrogens (primary N) is 1. The van der Waals surface area contributed by atoms with Crippen LogP contribution in [0.2, 0.25) is 0 Å². The predicted molar refractivity (Wildman–Crippen MR) is 86.1 cm³/mol. The molecule has 1 fully saturated rings. The lowest BCUT2D eigenvalue weighted by Gasteiger charge is -2.17. The van der Waals surface area contributed by atoms with Crippen molar-refractivity contribution < 1.29 is 9.47 Å². The van der Waals surface area contributed by atoms with E-state index in [2.05, 4.69) is 0 Å². The van der Waals surface area contributed by atoms with Gasteiger partial charge in [-0.1, -0.05) is 0 Å². The van der Waals surface area contributed by atoms with Crippen molar-refractivity contribution in [3.63, 3.8) is 0 Å². The number of methoxy groups -OCH3 is 1. The van der Waals surface area contributed by atoms with E-state index < -0.39 is 0 Å². The molecule has 2 N–H and O–H groups in total. The summed E-state index contributed by atoms with van der Waals surface area (Å²) in [5.74, 6) is 0.784. The molecule has 0 amide bonds. The van der Waals surface area contributed by atoms with Crippen LogP contribution in [0.1, 0.15) is 12.8 Å². The van der Waals surface area contributed by atoms with Crippen molar-refractivity contribution in [1.82, 2.24) is 4.57 Å². The number of hydrogen-bond donors (Lipinski definition) is 1. The Hall–Kier alpha value is -2.27. The molecule has 0 saturated carbocycles. The number of hydrogen-bond acceptors (Lipinski definition) is 4. The number of nitrogens with zero attached hydrogens (tertiary/aromatic N) is 1. The van der Waals surface area contributed by atoms with Gasteiger partial charge in [0.25, 0.3) is 5.56 Å². The van der Waals surface area contributed by atoms with E-state index in [1.165, 1.54) is 0 Å². The van der Waals surface area contributed by atoms with E-state index in [0.29, 0.717) is 6.54 Å². The van der Waals surface area contributed by atoms with Crippen LogP contribution < -0.4 is 16.0 Å². The van der Waals surface area contributed by atoms with Gasteiger partial charge in [-0.3, -0.25) is 4.79 Å². The summed E-state index contributed by atoms with van der Waals surface area (Å²) < 4.78 is 12.6. The number of nitrogen functional groups attached to an aromatic ring is 1. The second-order valence-corrected chi connectivity index (χ2v) is 5.45. The molecule has 0 aliphatic carbocycles. The van der Waals surface area contributed by atoms with E-state index >= 15 is 0 Å². The van der Waals surface area contributed by atoms with Crippen molar-refractivity contribution in [2.45, 2.75) is 25.5 Å². The quantitative estimate of drug-likeness (QED) is 0.940.